The maximum Gasteiger partial charge on any atom is 0.0494 e. The molecule has 0 saturated heterocycles. The molecule has 1 atom stereocenters. The first kappa shape index (κ1) is 14.6. The number of hydrogen-bond donors (Lipinski definition) is 1. The van der Waals surface area contributed by atoms with Crippen LogP contribution in [0.5, 0.6) is 0 Å². The minimum Gasteiger partial charge on any atom is -0.342 e. The van der Waals surface area contributed by atoms with Crippen molar-refractivity contribution in [2.75, 3.05) is 6.54 Å². The number of halogens is 1. The van der Waals surface area contributed by atoms with E-state index in [4.69, 9.17) is 0 Å². The summed E-state index contributed by atoms with van der Waals surface area (Å²) in [7, 11) is 0. The van der Waals surface area contributed by atoms with Gasteiger partial charge >= 0.3 is 0 Å². The highest BCUT2D eigenvalue weighted by molar-refractivity contribution is 9.10. The lowest BCUT2D eigenvalue weighted by atomic mass is 10.1. The lowest BCUT2D eigenvalue weighted by molar-refractivity contribution is 0.417. The Hall–Kier alpha value is -0.800. The van der Waals surface area contributed by atoms with Crippen LogP contribution in [-0.2, 0) is 6.54 Å². The molecule has 0 radical (unpaired) electrons. The average Bonchev–Trinajstić information content (AvgIpc) is 2.64. The molecular formula is C16H23BrN2. The normalized spacial score (nSPS) is 13.4. The summed E-state index contributed by atoms with van der Waals surface area (Å²) < 4.78 is 3.61. The van der Waals surface area contributed by atoms with Crippen LogP contribution in [0.3, 0.4) is 0 Å². The van der Waals surface area contributed by atoms with Gasteiger partial charge < -0.3 is 9.88 Å². The minimum atomic E-state index is 0.561. The van der Waals surface area contributed by atoms with Crippen LogP contribution in [0.4, 0.5) is 0 Å². The third-order valence-electron chi connectivity index (χ3n) is 3.96. The Morgan fingerprint density at radius 2 is 1.89 bits per heavy atom. The number of nitrogens with one attached hydrogen (secondary N) is 1. The van der Waals surface area contributed by atoms with Gasteiger partial charge in [0.05, 0.1) is 0 Å². The summed E-state index contributed by atoms with van der Waals surface area (Å²) in [5.74, 6) is 0.675. The molecule has 0 aliphatic rings. The van der Waals surface area contributed by atoms with Crippen LogP contribution in [0.1, 0.15) is 26.5 Å². The van der Waals surface area contributed by atoms with Crippen molar-refractivity contribution in [2.24, 2.45) is 5.92 Å². The van der Waals surface area contributed by atoms with Gasteiger partial charge in [-0.1, -0.05) is 32.0 Å². The van der Waals surface area contributed by atoms with E-state index < -0.39 is 0 Å². The molecule has 0 saturated carbocycles. The highest BCUT2D eigenvalue weighted by Crippen LogP contribution is 2.30. The van der Waals surface area contributed by atoms with Crippen molar-refractivity contribution >= 4 is 26.8 Å². The van der Waals surface area contributed by atoms with E-state index in [0.717, 1.165) is 13.1 Å². The van der Waals surface area contributed by atoms with Crippen LogP contribution in [0, 0.1) is 12.8 Å². The molecule has 2 rings (SSSR count). The molecule has 1 aromatic heterocycles. The molecule has 0 spiro atoms. The van der Waals surface area contributed by atoms with Crippen molar-refractivity contribution in [2.45, 2.75) is 40.3 Å². The minimum absolute atomic E-state index is 0.561. The van der Waals surface area contributed by atoms with Gasteiger partial charge in [0.15, 0.2) is 0 Å². The number of nitrogens with zero attached hydrogens (tertiary/aromatic N) is 1. The molecule has 0 aliphatic heterocycles. The van der Waals surface area contributed by atoms with Gasteiger partial charge in [-0.3, -0.25) is 0 Å². The largest absolute Gasteiger partial charge is 0.342 e. The molecule has 0 amide bonds. The molecule has 0 fully saturated rings. The van der Waals surface area contributed by atoms with E-state index in [1.165, 1.54) is 21.1 Å². The zero-order valence-corrected chi connectivity index (χ0v) is 13.8. The van der Waals surface area contributed by atoms with E-state index in [0.29, 0.717) is 12.0 Å². The van der Waals surface area contributed by atoms with Gasteiger partial charge in [0.1, 0.15) is 0 Å². The molecule has 1 heterocycles. The molecule has 1 N–H and O–H groups in total. The van der Waals surface area contributed by atoms with Gasteiger partial charge in [0.2, 0.25) is 0 Å². The number of hydrogen-bond acceptors (Lipinski definition) is 1. The lowest BCUT2D eigenvalue weighted by Gasteiger charge is -2.18. The van der Waals surface area contributed by atoms with Gasteiger partial charge in [-0.05, 0) is 41.8 Å². The van der Waals surface area contributed by atoms with Crippen LogP contribution in [0.15, 0.2) is 28.7 Å². The number of fused-ring (bicyclic) bond motifs is 1. The van der Waals surface area contributed by atoms with Crippen molar-refractivity contribution in [1.82, 2.24) is 9.88 Å². The fourth-order valence-corrected chi connectivity index (χ4v) is 2.87. The number of aromatic nitrogens is 1. The molecule has 1 unspecified atom stereocenters. The average molecular weight is 323 g/mol. The maximum absolute atomic E-state index is 3.70. The predicted molar refractivity (Wildman–Crippen MR) is 86.7 cm³/mol. The van der Waals surface area contributed by atoms with Crippen LogP contribution in [0.25, 0.3) is 10.9 Å². The Morgan fingerprint density at radius 1 is 1.21 bits per heavy atom. The Morgan fingerprint density at radius 3 is 2.58 bits per heavy atom. The van der Waals surface area contributed by atoms with Crippen LogP contribution in [-0.4, -0.2) is 17.2 Å². The van der Waals surface area contributed by atoms with Crippen molar-refractivity contribution in [1.29, 1.82) is 0 Å². The van der Waals surface area contributed by atoms with Crippen molar-refractivity contribution < 1.29 is 0 Å². The lowest BCUT2D eigenvalue weighted by Crippen LogP contribution is -2.33. The highest BCUT2D eigenvalue weighted by Gasteiger charge is 2.11. The van der Waals surface area contributed by atoms with Gasteiger partial charge in [-0.15, -0.1) is 0 Å². The summed E-state index contributed by atoms with van der Waals surface area (Å²) in [4.78, 5) is 0. The summed E-state index contributed by atoms with van der Waals surface area (Å²) in [6, 6.07) is 9.13. The monoisotopic (exact) mass is 322 g/mol. The van der Waals surface area contributed by atoms with E-state index in [-0.39, 0.29) is 0 Å². The quantitative estimate of drug-likeness (QED) is 0.866. The Labute approximate surface area is 124 Å². The summed E-state index contributed by atoms with van der Waals surface area (Å²) in [5.41, 5.74) is 2.62. The Bertz CT molecular complexity index is 557. The standard InChI is InChI=1S/C16H23BrN2/c1-11(2)12(3)18-9-10-19-13(4)16(17)14-7-5-6-8-15(14)19/h5-8,11-12,18H,9-10H2,1-4H3. The van der Waals surface area contributed by atoms with Crippen LogP contribution < -0.4 is 5.32 Å². The summed E-state index contributed by atoms with van der Waals surface area (Å²) >= 11 is 3.70. The van der Waals surface area contributed by atoms with E-state index in [1.54, 1.807) is 0 Å². The molecule has 1 aromatic carbocycles. The third kappa shape index (κ3) is 3.03. The molecule has 2 aromatic rings. The van der Waals surface area contributed by atoms with Crippen molar-refractivity contribution in [3.8, 4) is 0 Å². The fourth-order valence-electron chi connectivity index (χ4n) is 2.32. The van der Waals surface area contributed by atoms with Crippen LogP contribution >= 0.6 is 15.9 Å². The second-order valence-corrected chi connectivity index (χ2v) is 6.35. The molecule has 104 valence electrons. The van der Waals surface area contributed by atoms with Gasteiger partial charge in [0, 0.05) is 40.2 Å². The van der Waals surface area contributed by atoms with Crippen molar-refractivity contribution in [3.63, 3.8) is 0 Å². The second kappa shape index (κ2) is 6.10. The predicted octanol–water partition coefficient (Wildman–Crippen LogP) is 4.35. The molecule has 0 bridgehead atoms. The van der Waals surface area contributed by atoms with E-state index in [9.17, 15) is 0 Å². The second-order valence-electron chi connectivity index (χ2n) is 5.55. The molecule has 19 heavy (non-hydrogen) atoms. The van der Waals surface area contributed by atoms with E-state index >= 15 is 0 Å². The molecular weight excluding hydrogens is 300 g/mol. The molecule has 3 heteroatoms. The van der Waals surface area contributed by atoms with E-state index in [2.05, 4.69) is 77.8 Å². The maximum atomic E-state index is 3.70. The first-order valence-corrected chi connectivity index (χ1v) is 7.78. The number of benzene rings is 1. The zero-order valence-electron chi connectivity index (χ0n) is 12.2. The fraction of sp³-hybridized carbons (Fsp3) is 0.500. The highest BCUT2D eigenvalue weighted by atomic mass is 79.9. The number of para-hydroxylation sites is 1. The van der Waals surface area contributed by atoms with Crippen LogP contribution in [0.2, 0.25) is 0 Å². The first-order valence-electron chi connectivity index (χ1n) is 6.99. The third-order valence-corrected chi connectivity index (χ3v) is 4.96. The van der Waals surface area contributed by atoms with E-state index in [1.807, 2.05) is 0 Å². The van der Waals surface area contributed by atoms with Crippen molar-refractivity contribution in [3.05, 3.63) is 34.4 Å². The number of rotatable bonds is 5. The summed E-state index contributed by atoms with van der Waals surface area (Å²) in [6.07, 6.45) is 0. The summed E-state index contributed by atoms with van der Waals surface area (Å²) in [5, 5.41) is 4.90. The molecule has 0 aliphatic carbocycles. The smallest absolute Gasteiger partial charge is 0.0494 e. The Balaban J connectivity index is 2.15. The van der Waals surface area contributed by atoms with Gasteiger partial charge in [0.25, 0.3) is 0 Å². The topological polar surface area (TPSA) is 17.0 Å². The Kier molecular flexibility index (Phi) is 4.69. The van der Waals surface area contributed by atoms with Gasteiger partial charge in [-0.2, -0.15) is 0 Å². The first-order chi connectivity index (χ1) is 9.02. The SMILES string of the molecule is Cc1c(Br)c2ccccc2n1CCNC(C)C(C)C. The van der Waals surface area contributed by atoms with Gasteiger partial charge in [-0.25, -0.2) is 0 Å². The zero-order chi connectivity index (χ0) is 14.0. The summed E-state index contributed by atoms with van der Waals surface area (Å²) in [6.45, 7) is 11.0. The molecule has 2 nitrogen and oxygen atoms in total.